The monoisotopic (exact) mass is 738 g/mol. The first-order chi connectivity index (χ1) is 25.6. The van der Waals surface area contributed by atoms with Crippen molar-refractivity contribution in [1.29, 1.82) is 0 Å². The number of rotatable bonds is 16. The highest BCUT2D eigenvalue weighted by Gasteiger charge is 2.54. The molecule has 0 aliphatic carbocycles. The van der Waals surface area contributed by atoms with Gasteiger partial charge in [-0.2, -0.15) is 0 Å². The third-order valence-corrected chi connectivity index (χ3v) is 8.53. The van der Waals surface area contributed by atoms with Crippen molar-refractivity contribution in [2.75, 3.05) is 13.2 Å². The second kappa shape index (κ2) is 19.7. The van der Waals surface area contributed by atoms with Crippen LogP contribution in [0.1, 0.15) is 37.5 Å². The largest absolute Gasteiger partial charge is 0.463 e. The summed E-state index contributed by atoms with van der Waals surface area (Å²) in [5.41, 5.74) is 2.54. The lowest BCUT2D eigenvalue weighted by molar-refractivity contribution is -0.364. The van der Waals surface area contributed by atoms with Crippen molar-refractivity contribution in [2.45, 2.75) is 102 Å². The minimum atomic E-state index is -1.73. The predicted molar refractivity (Wildman–Crippen MR) is 184 cm³/mol. The van der Waals surface area contributed by atoms with E-state index >= 15 is 0 Å². The molecule has 0 spiro atoms. The highest BCUT2D eigenvalue weighted by Crippen LogP contribution is 2.34. The van der Waals surface area contributed by atoms with E-state index in [0.29, 0.717) is 0 Å². The summed E-state index contributed by atoms with van der Waals surface area (Å²) in [5, 5.41) is 23.1. The summed E-state index contributed by atoms with van der Waals surface area (Å²) in [7, 11) is 0. The van der Waals surface area contributed by atoms with Crippen molar-refractivity contribution in [1.82, 2.24) is 0 Å². The van der Waals surface area contributed by atoms with E-state index in [1.165, 1.54) is 6.92 Å². The molecular formula is C39H46O14. The molecule has 53 heavy (non-hydrogen) atoms. The normalized spacial score (nSPS) is 28.5. The number of carbonyl (C=O) groups excluding carboxylic acids is 3. The topological polar surface area (TPSA) is 175 Å². The van der Waals surface area contributed by atoms with Crippen molar-refractivity contribution in [3.05, 3.63) is 108 Å². The van der Waals surface area contributed by atoms with Crippen molar-refractivity contribution in [3.63, 3.8) is 0 Å². The van der Waals surface area contributed by atoms with Gasteiger partial charge < -0.3 is 52.8 Å². The van der Waals surface area contributed by atoms with Gasteiger partial charge in [-0.25, -0.2) is 0 Å². The van der Waals surface area contributed by atoms with Gasteiger partial charge in [0.25, 0.3) is 0 Å². The third-order valence-electron chi connectivity index (χ3n) is 8.53. The van der Waals surface area contributed by atoms with Crippen molar-refractivity contribution in [3.8, 4) is 0 Å². The first kappa shape index (κ1) is 39.9. The summed E-state index contributed by atoms with van der Waals surface area (Å²) >= 11 is 0. The molecule has 0 aromatic heterocycles. The van der Waals surface area contributed by atoms with Crippen LogP contribution in [0.2, 0.25) is 0 Å². The highest BCUT2D eigenvalue weighted by molar-refractivity contribution is 5.68. The Balaban J connectivity index is 1.48. The Morgan fingerprint density at radius 3 is 1.58 bits per heavy atom. The van der Waals surface area contributed by atoms with Crippen LogP contribution in [0, 0.1) is 0 Å². The summed E-state index contributed by atoms with van der Waals surface area (Å²) in [6, 6.07) is 28.1. The van der Waals surface area contributed by atoms with E-state index in [1.807, 2.05) is 91.0 Å². The molecule has 10 unspecified atom stereocenters. The Morgan fingerprint density at radius 2 is 1.06 bits per heavy atom. The number of carbonyl (C=O) groups is 3. The molecule has 5 rings (SSSR count). The van der Waals surface area contributed by atoms with Gasteiger partial charge in [0.1, 0.15) is 43.2 Å². The van der Waals surface area contributed by atoms with Gasteiger partial charge in [-0.1, -0.05) is 91.0 Å². The number of ether oxygens (including phenoxy) is 9. The van der Waals surface area contributed by atoms with Gasteiger partial charge in [0.2, 0.25) is 0 Å². The van der Waals surface area contributed by atoms with E-state index in [4.69, 9.17) is 42.6 Å². The van der Waals surface area contributed by atoms with E-state index < -0.39 is 85.9 Å². The summed E-state index contributed by atoms with van der Waals surface area (Å²) < 4.78 is 53.6. The van der Waals surface area contributed by atoms with Crippen LogP contribution >= 0.6 is 0 Å². The summed E-state index contributed by atoms with van der Waals surface area (Å²) in [6.45, 7) is 3.29. The van der Waals surface area contributed by atoms with Crippen LogP contribution in [-0.4, -0.2) is 103 Å². The molecule has 10 atom stereocenters. The van der Waals surface area contributed by atoms with Crippen molar-refractivity contribution in [2.24, 2.45) is 0 Å². The van der Waals surface area contributed by atoms with E-state index in [0.717, 1.165) is 30.5 Å². The lowest BCUT2D eigenvalue weighted by atomic mass is 9.96. The van der Waals surface area contributed by atoms with Crippen LogP contribution in [0.25, 0.3) is 0 Å². The zero-order valence-electron chi connectivity index (χ0n) is 29.8. The fourth-order valence-corrected chi connectivity index (χ4v) is 6.12. The molecule has 2 heterocycles. The van der Waals surface area contributed by atoms with Gasteiger partial charge in [-0.05, 0) is 16.7 Å². The second-order valence-corrected chi connectivity index (χ2v) is 12.7. The third kappa shape index (κ3) is 11.6. The molecule has 14 nitrogen and oxygen atoms in total. The zero-order chi connectivity index (χ0) is 37.7. The molecule has 2 aliphatic heterocycles. The van der Waals surface area contributed by atoms with Crippen molar-refractivity contribution < 1.29 is 67.2 Å². The van der Waals surface area contributed by atoms with Crippen LogP contribution in [0.5, 0.6) is 0 Å². The van der Waals surface area contributed by atoms with Gasteiger partial charge in [-0.15, -0.1) is 0 Å². The van der Waals surface area contributed by atoms with Crippen molar-refractivity contribution >= 4 is 17.9 Å². The number of benzene rings is 3. The SMILES string of the molecule is CC(=O)OCC1OC(OC2C(COCc3ccccc3)OC(O)C(OCc3ccccc3)C2OCc2ccccc2)C(O)C(OC(C)=O)C1OC(C)=O. The Morgan fingerprint density at radius 1 is 0.566 bits per heavy atom. The standard InChI is InChI=1S/C39H46O14/c1-24(40)46-23-31-33(49-25(2)41)35(50-26(3)42)32(43)39(52-31)53-34-30(22-45-19-27-13-7-4-8-14-27)51-38(44)37(48-21-29-17-11-6-12-18-29)36(34)47-20-28-15-9-5-10-16-28/h4-18,30-39,43-44H,19-23H2,1-3H3. The van der Waals surface area contributed by atoms with Crippen LogP contribution in [0.3, 0.4) is 0 Å². The lowest BCUT2D eigenvalue weighted by Crippen LogP contribution is -2.66. The maximum atomic E-state index is 12.2. The molecule has 0 saturated carbocycles. The van der Waals surface area contributed by atoms with Crippen LogP contribution in [-0.2, 0) is 76.8 Å². The van der Waals surface area contributed by atoms with Gasteiger partial charge in [0.05, 0.1) is 26.4 Å². The smallest absolute Gasteiger partial charge is 0.303 e. The summed E-state index contributed by atoms with van der Waals surface area (Å²) in [4.78, 5) is 36.2. The average Bonchev–Trinajstić information content (AvgIpc) is 3.14. The van der Waals surface area contributed by atoms with E-state index in [9.17, 15) is 24.6 Å². The molecule has 14 heteroatoms. The van der Waals surface area contributed by atoms with Gasteiger partial charge >= 0.3 is 17.9 Å². The number of hydrogen-bond acceptors (Lipinski definition) is 14. The average molecular weight is 739 g/mol. The Labute approximate surface area is 307 Å². The van der Waals surface area contributed by atoms with E-state index in [1.54, 1.807) is 0 Å². The van der Waals surface area contributed by atoms with E-state index in [-0.39, 0.29) is 26.4 Å². The Kier molecular flexibility index (Phi) is 14.9. The molecule has 3 aromatic carbocycles. The van der Waals surface area contributed by atoms with Gasteiger partial charge in [-0.3, -0.25) is 14.4 Å². The van der Waals surface area contributed by atoms with Crippen LogP contribution < -0.4 is 0 Å². The molecule has 0 bridgehead atoms. The lowest BCUT2D eigenvalue weighted by Gasteiger charge is -2.48. The van der Waals surface area contributed by atoms with E-state index in [2.05, 4.69) is 0 Å². The summed E-state index contributed by atoms with van der Waals surface area (Å²) in [5.74, 6) is -2.19. The van der Waals surface area contributed by atoms with Gasteiger partial charge in [0, 0.05) is 20.8 Å². The Bertz CT molecular complexity index is 1570. The van der Waals surface area contributed by atoms with Gasteiger partial charge in [0.15, 0.2) is 24.8 Å². The number of esters is 3. The summed E-state index contributed by atoms with van der Waals surface area (Å²) in [6.07, 6.45) is -13.3. The van der Waals surface area contributed by atoms with Crippen LogP contribution in [0.15, 0.2) is 91.0 Å². The molecule has 0 radical (unpaired) electrons. The molecule has 2 aliphatic rings. The quantitative estimate of drug-likeness (QED) is 0.162. The minimum Gasteiger partial charge on any atom is -0.463 e. The molecule has 2 N–H and O–H groups in total. The highest BCUT2D eigenvalue weighted by atomic mass is 16.7. The molecule has 0 amide bonds. The first-order valence-corrected chi connectivity index (χ1v) is 17.3. The Hall–Kier alpha value is -4.25. The number of hydrogen-bond donors (Lipinski definition) is 2. The fourth-order valence-electron chi connectivity index (χ4n) is 6.12. The van der Waals surface area contributed by atoms with Crippen LogP contribution in [0.4, 0.5) is 0 Å². The molecule has 3 aromatic rings. The number of aliphatic hydroxyl groups is 2. The number of aliphatic hydroxyl groups excluding tert-OH is 2. The maximum Gasteiger partial charge on any atom is 0.303 e. The molecule has 2 saturated heterocycles. The predicted octanol–water partition coefficient (Wildman–Crippen LogP) is 2.99. The first-order valence-electron chi connectivity index (χ1n) is 17.3. The molecular weight excluding hydrogens is 692 g/mol. The minimum absolute atomic E-state index is 0.0780. The second-order valence-electron chi connectivity index (χ2n) is 12.7. The maximum absolute atomic E-state index is 12.2. The molecule has 2 fully saturated rings. The molecule has 286 valence electrons. The fraction of sp³-hybridized carbons (Fsp3) is 0.462. The zero-order valence-corrected chi connectivity index (χ0v) is 29.8.